The molecule has 1 amide bonds. The number of amides is 1. The second-order valence-corrected chi connectivity index (χ2v) is 4.75. The molecule has 0 spiro atoms. The maximum atomic E-state index is 11.5. The van der Waals surface area contributed by atoms with Crippen LogP contribution < -0.4 is 10.1 Å². The zero-order valence-corrected chi connectivity index (χ0v) is 11.5. The summed E-state index contributed by atoms with van der Waals surface area (Å²) in [6.07, 6.45) is 6.21. The topological polar surface area (TPSA) is 38.3 Å². The summed E-state index contributed by atoms with van der Waals surface area (Å²) < 4.78 is 5.59. The Bertz CT molecular complexity index is 535. The molecule has 0 saturated carbocycles. The van der Waals surface area contributed by atoms with Crippen LogP contribution in [0.2, 0.25) is 5.02 Å². The lowest BCUT2D eigenvalue weighted by Crippen LogP contribution is -2.21. The summed E-state index contributed by atoms with van der Waals surface area (Å²) in [5, 5.41) is 3.46. The van der Waals surface area contributed by atoms with Gasteiger partial charge in [-0.15, -0.1) is 0 Å². The third-order valence-electron chi connectivity index (χ3n) is 2.71. The molecule has 100 valence electrons. The van der Waals surface area contributed by atoms with Gasteiger partial charge in [-0.25, -0.2) is 0 Å². The Hall–Kier alpha value is -1.74. The molecule has 0 fully saturated rings. The second-order valence-electron chi connectivity index (χ2n) is 4.31. The van der Waals surface area contributed by atoms with E-state index in [0.717, 1.165) is 23.3 Å². The minimum atomic E-state index is -0.0837. The molecule has 0 saturated heterocycles. The van der Waals surface area contributed by atoms with Gasteiger partial charge in [0.1, 0.15) is 12.4 Å². The highest BCUT2D eigenvalue weighted by Gasteiger charge is 2.10. The smallest absolute Gasteiger partial charge is 0.243 e. The van der Waals surface area contributed by atoms with Crippen molar-refractivity contribution in [1.82, 2.24) is 5.32 Å². The van der Waals surface area contributed by atoms with Crippen LogP contribution in [0.15, 0.2) is 35.9 Å². The number of carbonyl (C=O) groups excluding carboxylic acids is 1. The molecular weight excluding hydrogens is 262 g/mol. The molecular formula is C15H16ClNO2. The van der Waals surface area contributed by atoms with Gasteiger partial charge in [-0.05, 0) is 36.3 Å². The fourth-order valence-corrected chi connectivity index (χ4v) is 1.93. The molecule has 1 N–H and O–H groups in total. The van der Waals surface area contributed by atoms with E-state index >= 15 is 0 Å². The highest BCUT2D eigenvalue weighted by atomic mass is 35.5. The van der Waals surface area contributed by atoms with Gasteiger partial charge in [0.25, 0.3) is 0 Å². The van der Waals surface area contributed by atoms with Crippen LogP contribution >= 0.6 is 11.6 Å². The van der Waals surface area contributed by atoms with Crippen molar-refractivity contribution in [3.63, 3.8) is 0 Å². The first-order valence-electron chi connectivity index (χ1n) is 6.28. The minimum absolute atomic E-state index is 0.0837. The van der Waals surface area contributed by atoms with Crippen molar-refractivity contribution in [2.24, 2.45) is 0 Å². The molecule has 4 heteroatoms. The Morgan fingerprint density at radius 2 is 2.37 bits per heavy atom. The molecule has 0 unspecified atom stereocenters. The van der Waals surface area contributed by atoms with Crippen LogP contribution in [-0.4, -0.2) is 19.1 Å². The highest BCUT2D eigenvalue weighted by Crippen LogP contribution is 2.29. The summed E-state index contributed by atoms with van der Waals surface area (Å²) in [7, 11) is 0. The quantitative estimate of drug-likeness (QED) is 0.859. The number of halogens is 1. The summed E-state index contributed by atoms with van der Waals surface area (Å²) in [6.45, 7) is 3.17. The number of rotatable bonds is 4. The average Bonchev–Trinajstić information content (AvgIpc) is 2.42. The Morgan fingerprint density at radius 3 is 3.16 bits per heavy atom. The molecule has 0 aromatic heterocycles. The summed E-state index contributed by atoms with van der Waals surface area (Å²) in [6, 6.07) is 5.50. The van der Waals surface area contributed by atoms with E-state index in [-0.39, 0.29) is 5.91 Å². The zero-order chi connectivity index (χ0) is 13.7. The first-order valence-corrected chi connectivity index (χ1v) is 6.65. The number of nitrogens with one attached hydrogen (secondary N) is 1. The van der Waals surface area contributed by atoms with Crippen LogP contribution in [-0.2, 0) is 4.79 Å². The van der Waals surface area contributed by atoms with Crippen LogP contribution in [0.25, 0.3) is 6.08 Å². The molecule has 2 rings (SSSR count). The number of ether oxygens (including phenoxy) is 1. The first-order chi connectivity index (χ1) is 9.19. The monoisotopic (exact) mass is 277 g/mol. The lowest BCUT2D eigenvalue weighted by atomic mass is 10.1. The molecule has 0 aliphatic carbocycles. The van der Waals surface area contributed by atoms with Gasteiger partial charge in [0.15, 0.2) is 0 Å². The Labute approximate surface area is 117 Å². The Morgan fingerprint density at radius 1 is 1.53 bits per heavy atom. The van der Waals surface area contributed by atoms with E-state index in [0.29, 0.717) is 18.2 Å². The van der Waals surface area contributed by atoms with Gasteiger partial charge in [0.05, 0.1) is 0 Å². The molecule has 3 nitrogen and oxygen atoms in total. The molecule has 1 aliphatic rings. The van der Waals surface area contributed by atoms with E-state index in [1.807, 2.05) is 25.1 Å². The third kappa shape index (κ3) is 3.86. The van der Waals surface area contributed by atoms with Gasteiger partial charge in [0.2, 0.25) is 5.91 Å². The summed E-state index contributed by atoms with van der Waals surface area (Å²) >= 11 is 5.94. The number of benzene rings is 1. The standard InChI is InChI=1S/C15H16ClNO2/c1-2-7-17-15(18)6-3-11-8-12-9-13(16)4-5-14(12)19-10-11/h3-6,8-9H,2,7,10H2,1H3,(H,17,18)/b6-3+. The van der Waals surface area contributed by atoms with E-state index in [2.05, 4.69) is 5.32 Å². The van der Waals surface area contributed by atoms with Gasteiger partial charge in [0, 0.05) is 23.2 Å². The fourth-order valence-electron chi connectivity index (χ4n) is 1.75. The molecule has 1 heterocycles. The maximum Gasteiger partial charge on any atom is 0.243 e. The summed E-state index contributed by atoms with van der Waals surface area (Å²) in [5.41, 5.74) is 1.88. The van der Waals surface area contributed by atoms with Crippen molar-refractivity contribution < 1.29 is 9.53 Å². The lowest BCUT2D eigenvalue weighted by molar-refractivity contribution is -0.116. The fraction of sp³-hybridized carbons (Fsp3) is 0.267. The highest BCUT2D eigenvalue weighted by molar-refractivity contribution is 6.30. The van der Waals surface area contributed by atoms with Gasteiger partial charge < -0.3 is 10.1 Å². The molecule has 19 heavy (non-hydrogen) atoms. The summed E-state index contributed by atoms with van der Waals surface area (Å²) in [5.74, 6) is 0.733. The van der Waals surface area contributed by atoms with Gasteiger partial charge in [-0.1, -0.05) is 24.6 Å². The molecule has 0 atom stereocenters. The Kier molecular flexibility index (Phi) is 4.63. The second kappa shape index (κ2) is 6.43. The molecule has 0 bridgehead atoms. The summed E-state index contributed by atoms with van der Waals surface area (Å²) in [4.78, 5) is 11.5. The van der Waals surface area contributed by atoms with Crippen molar-refractivity contribution >= 4 is 23.6 Å². The minimum Gasteiger partial charge on any atom is -0.488 e. The van der Waals surface area contributed by atoms with Gasteiger partial charge >= 0.3 is 0 Å². The zero-order valence-electron chi connectivity index (χ0n) is 10.8. The van der Waals surface area contributed by atoms with Crippen LogP contribution in [0.1, 0.15) is 18.9 Å². The number of hydrogen-bond acceptors (Lipinski definition) is 2. The first kappa shape index (κ1) is 13.7. The van der Waals surface area contributed by atoms with E-state index in [1.165, 1.54) is 6.08 Å². The van der Waals surface area contributed by atoms with E-state index in [4.69, 9.17) is 16.3 Å². The van der Waals surface area contributed by atoms with E-state index in [9.17, 15) is 4.79 Å². The van der Waals surface area contributed by atoms with Crippen LogP contribution in [0.4, 0.5) is 0 Å². The van der Waals surface area contributed by atoms with Crippen molar-refractivity contribution in [2.45, 2.75) is 13.3 Å². The predicted molar refractivity (Wildman–Crippen MR) is 77.4 cm³/mol. The van der Waals surface area contributed by atoms with Crippen molar-refractivity contribution in [1.29, 1.82) is 0 Å². The van der Waals surface area contributed by atoms with Crippen molar-refractivity contribution in [3.8, 4) is 5.75 Å². The SMILES string of the molecule is CCCNC(=O)/C=C/C1=Cc2cc(Cl)ccc2OC1. The Balaban J connectivity index is 2.06. The van der Waals surface area contributed by atoms with E-state index in [1.54, 1.807) is 12.1 Å². The number of fused-ring (bicyclic) bond motifs is 1. The molecule has 0 radical (unpaired) electrons. The lowest BCUT2D eigenvalue weighted by Gasteiger charge is -2.16. The van der Waals surface area contributed by atoms with Gasteiger partial charge in [-0.3, -0.25) is 4.79 Å². The third-order valence-corrected chi connectivity index (χ3v) is 2.94. The van der Waals surface area contributed by atoms with Crippen molar-refractivity contribution in [2.75, 3.05) is 13.2 Å². The molecule has 1 aliphatic heterocycles. The van der Waals surface area contributed by atoms with Crippen molar-refractivity contribution in [3.05, 3.63) is 46.5 Å². The molecule has 1 aromatic carbocycles. The maximum absolute atomic E-state index is 11.5. The normalized spacial score (nSPS) is 13.7. The number of hydrogen-bond donors (Lipinski definition) is 1. The van der Waals surface area contributed by atoms with Crippen LogP contribution in [0, 0.1) is 0 Å². The van der Waals surface area contributed by atoms with Gasteiger partial charge in [-0.2, -0.15) is 0 Å². The average molecular weight is 278 g/mol. The largest absolute Gasteiger partial charge is 0.488 e. The predicted octanol–water partition coefficient (Wildman–Crippen LogP) is 3.20. The molecule has 1 aromatic rings. The van der Waals surface area contributed by atoms with E-state index < -0.39 is 0 Å². The van der Waals surface area contributed by atoms with Crippen LogP contribution in [0.3, 0.4) is 0 Å². The van der Waals surface area contributed by atoms with Crippen LogP contribution in [0.5, 0.6) is 5.75 Å². The number of carbonyl (C=O) groups is 1.